The first-order valence-corrected chi connectivity index (χ1v) is 11.1. The number of nitrogens with one attached hydrogen (secondary N) is 4. The van der Waals surface area contributed by atoms with E-state index in [-0.39, 0.29) is 24.5 Å². The average molecular weight is 489 g/mol. The van der Waals surface area contributed by atoms with Crippen molar-refractivity contribution in [3.8, 4) is 5.75 Å². The van der Waals surface area contributed by atoms with Crippen LogP contribution in [0.1, 0.15) is 32.0 Å². The topological polar surface area (TPSA) is 200 Å². The summed E-state index contributed by atoms with van der Waals surface area (Å²) in [6.07, 6.45) is 2.96. The number of nitrogens with two attached hydrogens (primary N) is 1. The quantitative estimate of drug-likeness (QED) is 0.206. The summed E-state index contributed by atoms with van der Waals surface area (Å²) in [5, 5.41) is 26.2. The molecular formula is C23H32N6O6. The van der Waals surface area contributed by atoms with E-state index >= 15 is 0 Å². The highest BCUT2D eigenvalue weighted by molar-refractivity contribution is 5.94. The number of aromatic nitrogens is 2. The Morgan fingerprint density at radius 2 is 1.51 bits per heavy atom. The Morgan fingerprint density at radius 3 is 2.06 bits per heavy atom. The summed E-state index contributed by atoms with van der Waals surface area (Å²) in [5.41, 5.74) is 7.12. The number of aromatic amines is 1. The number of benzene rings is 1. The van der Waals surface area contributed by atoms with Crippen LogP contribution in [0.15, 0.2) is 36.8 Å². The normalized spacial score (nSPS) is 14.4. The monoisotopic (exact) mass is 488 g/mol. The summed E-state index contributed by atoms with van der Waals surface area (Å²) in [4.78, 5) is 56.6. The fourth-order valence-electron chi connectivity index (χ4n) is 3.12. The Labute approximate surface area is 202 Å². The van der Waals surface area contributed by atoms with Crippen molar-refractivity contribution in [3.05, 3.63) is 48.0 Å². The zero-order valence-corrected chi connectivity index (χ0v) is 19.8. The van der Waals surface area contributed by atoms with Crippen LogP contribution in [0.3, 0.4) is 0 Å². The van der Waals surface area contributed by atoms with Gasteiger partial charge in [-0.2, -0.15) is 0 Å². The van der Waals surface area contributed by atoms with Crippen molar-refractivity contribution < 1.29 is 29.4 Å². The van der Waals surface area contributed by atoms with E-state index in [0.29, 0.717) is 11.3 Å². The van der Waals surface area contributed by atoms with Gasteiger partial charge in [0.05, 0.1) is 12.4 Å². The molecule has 12 nitrogen and oxygen atoms in total. The number of H-pyrrole nitrogens is 1. The van der Waals surface area contributed by atoms with Crippen LogP contribution in [0.5, 0.6) is 5.75 Å². The lowest BCUT2D eigenvalue weighted by Gasteiger charge is -2.25. The molecule has 0 saturated carbocycles. The number of phenolic OH excluding ortho intramolecular Hbond substituents is 1. The molecule has 190 valence electrons. The molecule has 0 bridgehead atoms. The number of aromatic hydroxyl groups is 1. The van der Waals surface area contributed by atoms with Crippen molar-refractivity contribution in [2.45, 2.75) is 57.8 Å². The van der Waals surface area contributed by atoms with Crippen molar-refractivity contribution in [2.24, 2.45) is 11.7 Å². The number of nitrogens with zero attached hydrogens (tertiary/aromatic N) is 1. The number of phenols is 1. The minimum Gasteiger partial charge on any atom is -0.508 e. The number of imidazole rings is 1. The third-order valence-electron chi connectivity index (χ3n) is 5.37. The van der Waals surface area contributed by atoms with E-state index < -0.39 is 47.9 Å². The molecule has 0 fully saturated rings. The first-order valence-electron chi connectivity index (χ1n) is 11.1. The average Bonchev–Trinajstić information content (AvgIpc) is 3.31. The van der Waals surface area contributed by atoms with Gasteiger partial charge >= 0.3 is 5.97 Å². The van der Waals surface area contributed by atoms with Gasteiger partial charge in [-0.05, 0) is 30.5 Å². The molecule has 3 amide bonds. The summed E-state index contributed by atoms with van der Waals surface area (Å²) < 4.78 is 0. The number of carboxylic acids is 1. The zero-order chi connectivity index (χ0) is 26.1. The lowest BCUT2D eigenvalue weighted by Crippen LogP contribution is -2.58. The smallest absolute Gasteiger partial charge is 0.325 e. The van der Waals surface area contributed by atoms with Gasteiger partial charge in [-0.1, -0.05) is 26.0 Å². The molecular weight excluding hydrogens is 456 g/mol. The first kappa shape index (κ1) is 27.3. The molecule has 1 aromatic carbocycles. The molecule has 4 unspecified atom stereocenters. The highest BCUT2D eigenvalue weighted by atomic mass is 16.4. The number of rotatable bonds is 12. The van der Waals surface area contributed by atoms with Crippen LogP contribution in [-0.4, -0.2) is 68.0 Å². The molecule has 0 saturated heterocycles. The van der Waals surface area contributed by atoms with Gasteiger partial charge in [0.15, 0.2) is 0 Å². The van der Waals surface area contributed by atoms with E-state index in [1.165, 1.54) is 31.6 Å². The molecule has 0 spiro atoms. The maximum atomic E-state index is 13.3. The lowest BCUT2D eigenvalue weighted by atomic mass is 10.0. The molecule has 0 aliphatic carbocycles. The van der Waals surface area contributed by atoms with Crippen molar-refractivity contribution in [1.82, 2.24) is 25.9 Å². The molecule has 1 heterocycles. The second-order valence-electron chi connectivity index (χ2n) is 8.61. The molecule has 0 aliphatic rings. The van der Waals surface area contributed by atoms with Crippen molar-refractivity contribution in [1.29, 1.82) is 0 Å². The Morgan fingerprint density at radius 1 is 0.943 bits per heavy atom. The van der Waals surface area contributed by atoms with E-state index in [9.17, 15) is 24.3 Å². The van der Waals surface area contributed by atoms with Crippen LogP contribution in [-0.2, 0) is 32.0 Å². The van der Waals surface area contributed by atoms with E-state index in [0.717, 1.165) is 0 Å². The Kier molecular flexibility index (Phi) is 9.76. The Hall–Kier alpha value is -3.93. The van der Waals surface area contributed by atoms with Crippen LogP contribution in [0.25, 0.3) is 0 Å². The largest absolute Gasteiger partial charge is 0.508 e. The van der Waals surface area contributed by atoms with Crippen molar-refractivity contribution >= 4 is 23.7 Å². The molecule has 2 rings (SSSR count). The molecule has 0 aliphatic heterocycles. The van der Waals surface area contributed by atoms with Crippen molar-refractivity contribution in [2.75, 3.05) is 0 Å². The minimum atomic E-state index is -1.23. The summed E-state index contributed by atoms with van der Waals surface area (Å²) in [7, 11) is 0. The van der Waals surface area contributed by atoms with Gasteiger partial charge in [-0.15, -0.1) is 0 Å². The maximum absolute atomic E-state index is 13.3. The third kappa shape index (κ3) is 8.41. The number of aliphatic carboxylic acids is 1. The number of carboxylic acid groups (broad SMARTS) is 1. The second-order valence-corrected chi connectivity index (χ2v) is 8.61. The second kappa shape index (κ2) is 12.5. The van der Waals surface area contributed by atoms with Gasteiger partial charge in [0.25, 0.3) is 0 Å². The van der Waals surface area contributed by atoms with Crippen LogP contribution in [0.2, 0.25) is 0 Å². The van der Waals surface area contributed by atoms with Gasteiger partial charge < -0.3 is 36.9 Å². The van der Waals surface area contributed by atoms with Crippen LogP contribution >= 0.6 is 0 Å². The molecule has 0 radical (unpaired) electrons. The summed E-state index contributed by atoms with van der Waals surface area (Å²) in [6, 6.07) is 1.84. The predicted molar refractivity (Wildman–Crippen MR) is 126 cm³/mol. The first-order chi connectivity index (χ1) is 16.5. The number of hydrogen-bond acceptors (Lipinski definition) is 7. The SMILES string of the molecule is CC(NC(=O)C(Cc1cnc[nH]1)NC(=O)C(Cc1ccc(O)cc1)NC(=O)C(N)C(C)C)C(=O)O. The predicted octanol–water partition coefficient (Wildman–Crippen LogP) is -0.557. The van der Waals surface area contributed by atoms with Crippen LogP contribution in [0.4, 0.5) is 0 Å². The van der Waals surface area contributed by atoms with Gasteiger partial charge in [0, 0.05) is 24.7 Å². The van der Waals surface area contributed by atoms with Crippen LogP contribution < -0.4 is 21.7 Å². The summed E-state index contributed by atoms with van der Waals surface area (Å²) in [6.45, 7) is 4.85. The van der Waals surface area contributed by atoms with E-state index in [2.05, 4.69) is 25.9 Å². The molecule has 12 heteroatoms. The molecule has 2 aromatic rings. The molecule has 1 aromatic heterocycles. The molecule has 8 N–H and O–H groups in total. The van der Waals surface area contributed by atoms with E-state index in [1.807, 2.05) is 0 Å². The van der Waals surface area contributed by atoms with Gasteiger partial charge in [-0.25, -0.2) is 4.98 Å². The maximum Gasteiger partial charge on any atom is 0.325 e. The van der Waals surface area contributed by atoms with Gasteiger partial charge in [-0.3, -0.25) is 19.2 Å². The standard InChI is InChI=1S/C23H32N6O6/c1-12(2)19(24)22(33)29-17(8-14-4-6-16(30)7-5-14)21(32)28-18(9-15-10-25-11-26-15)20(31)27-13(3)23(34)35/h4-7,10-13,17-19,30H,8-9,24H2,1-3H3,(H,25,26)(H,27,31)(H,28,32)(H,29,33)(H,34,35). The Balaban J connectivity index is 2.26. The van der Waals surface area contributed by atoms with E-state index in [4.69, 9.17) is 10.8 Å². The number of hydrogen-bond donors (Lipinski definition) is 7. The fraction of sp³-hybridized carbons (Fsp3) is 0.435. The lowest BCUT2D eigenvalue weighted by molar-refractivity contribution is -0.141. The summed E-state index contributed by atoms with van der Waals surface area (Å²) >= 11 is 0. The van der Waals surface area contributed by atoms with Crippen molar-refractivity contribution in [3.63, 3.8) is 0 Å². The Bertz CT molecular complexity index is 1010. The highest BCUT2D eigenvalue weighted by Crippen LogP contribution is 2.12. The molecule has 35 heavy (non-hydrogen) atoms. The van der Waals surface area contributed by atoms with E-state index in [1.54, 1.807) is 26.0 Å². The summed E-state index contributed by atoms with van der Waals surface area (Å²) in [5.74, 6) is -3.27. The number of amides is 3. The third-order valence-corrected chi connectivity index (χ3v) is 5.37. The fourth-order valence-corrected chi connectivity index (χ4v) is 3.12. The number of carbonyl (C=O) groups excluding carboxylic acids is 3. The van der Waals surface area contributed by atoms with Gasteiger partial charge in [0.1, 0.15) is 23.9 Å². The minimum absolute atomic E-state index is 0.00922. The zero-order valence-electron chi connectivity index (χ0n) is 19.8. The van der Waals surface area contributed by atoms with Crippen LogP contribution in [0, 0.1) is 5.92 Å². The molecule has 4 atom stereocenters. The van der Waals surface area contributed by atoms with Gasteiger partial charge in [0.2, 0.25) is 17.7 Å². The highest BCUT2D eigenvalue weighted by Gasteiger charge is 2.30. The number of carbonyl (C=O) groups is 4.